The van der Waals surface area contributed by atoms with Crippen LogP contribution in [0.5, 0.6) is 0 Å². The molecular formula is C8H9BrN2OS. The minimum Gasteiger partial charge on any atom is -0.409 e. The van der Waals surface area contributed by atoms with E-state index >= 15 is 0 Å². The van der Waals surface area contributed by atoms with Crippen molar-refractivity contribution < 1.29 is 5.21 Å². The van der Waals surface area contributed by atoms with Gasteiger partial charge < -0.3 is 10.9 Å². The highest BCUT2D eigenvalue weighted by molar-refractivity contribution is 9.10. The predicted molar refractivity (Wildman–Crippen MR) is 58.4 cm³/mol. The first-order valence-electron chi connectivity index (χ1n) is 3.50. The van der Waals surface area contributed by atoms with Gasteiger partial charge in [0.15, 0.2) is 5.84 Å². The van der Waals surface area contributed by atoms with Crippen LogP contribution in [0.25, 0.3) is 0 Å². The highest BCUT2D eigenvalue weighted by Crippen LogP contribution is 2.23. The van der Waals surface area contributed by atoms with Crippen molar-refractivity contribution >= 4 is 33.5 Å². The third kappa shape index (κ3) is 2.38. The maximum atomic E-state index is 8.54. The quantitative estimate of drug-likeness (QED) is 0.282. The second-order valence-corrected chi connectivity index (χ2v) is 4.09. The topological polar surface area (TPSA) is 58.6 Å². The lowest BCUT2D eigenvalue weighted by molar-refractivity contribution is 0.318. The number of amidine groups is 1. The van der Waals surface area contributed by atoms with Gasteiger partial charge in [0.1, 0.15) is 0 Å². The Bertz CT molecular complexity index is 341. The first-order chi connectivity index (χ1) is 6.19. The number of nitrogens with zero attached hydrogens (tertiary/aromatic N) is 1. The Morgan fingerprint density at radius 3 is 2.85 bits per heavy atom. The fourth-order valence-corrected chi connectivity index (χ4v) is 1.88. The molecule has 0 aliphatic rings. The molecule has 0 heterocycles. The third-order valence-electron chi connectivity index (χ3n) is 1.55. The molecule has 3 nitrogen and oxygen atoms in total. The Balaban J connectivity index is 3.23. The Hall–Kier alpha value is -0.680. The summed E-state index contributed by atoms with van der Waals surface area (Å²) in [6, 6.07) is 5.66. The molecular weight excluding hydrogens is 252 g/mol. The van der Waals surface area contributed by atoms with E-state index < -0.39 is 0 Å². The van der Waals surface area contributed by atoms with Crippen molar-refractivity contribution in [1.82, 2.24) is 0 Å². The van der Waals surface area contributed by atoms with Crippen LogP contribution in [0.1, 0.15) is 5.56 Å². The fourth-order valence-electron chi connectivity index (χ4n) is 0.934. The van der Waals surface area contributed by atoms with Crippen molar-refractivity contribution in [2.45, 2.75) is 4.90 Å². The van der Waals surface area contributed by atoms with Crippen LogP contribution in [0.4, 0.5) is 0 Å². The molecule has 3 N–H and O–H groups in total. The van der Waals surface area contributed by atoms with Gasteiger partial charge >= 0.3 is 0 Å². The van der Waals surface area contributed by atoms with Crippen LogP contribution >= 0.6 is 27.7 Å². The molecule has 0 aliphatic heterocycles. The Morgan fingerprint density at radius 1 is 1.62 bits per heavy atom. The van der Waals surface area contributed by atoms with Gasteiger partial charge in [-0.05, 0) is 24.5 Å². The first kappa shape index (κ1) is 10.4. The molecule has 0 saturated heterocycles. The number of thioether (sulfide) groups is 1. The van der Waals surface area contributed by atoms with Crippen LogP contribution in [-0.4, -0.2) is 17.3 Å². The Morgan fingerprint density at radius 2 is 2.31 bits per heavy atom. The van der Waals surface area contributed by atoms with Crippen molar-refractivity contribution in [2.75, 3.05) is 6.26 Å². The molecule has 0 aromatic heterocycles. The van der Waals surface area contributed by atoms with Crippen LogP contribution in [-0.2, 0) is 0 Å². The molecule has 0 saturated carbocycles. The molecule has 1 rings (SSSR count). The summed E-state index contributed by atoms with van der Waals surface area (Å²) in [5, 5.41) is 11.5. The van der Waals surface area contributed by atoms with Gasteiger partial charge in [-0.2, -0.15) is 0 Å². The minimum absolute atomic E-state index is 0.130. The molecule has 1 aromatic carbocycles. The van der Waals surface area contributed by atoms with Crippen molar-refractivity contribution in [3.8, 4) is 0 Å². The van der Waals surface area contributed by atoms with Gasteiger partial charge in [0, 0.05) is 14.9 Å². The van der Waals surface area contributed by atoms with Gasteiger partial charge in [-0.1, -0.05) is 21.1 Å². The predicted octanol–water partition coefficient (Wildman–Crippen LogP) is 2.27. The average molecular weight is 261 g/mol. The second kappa shape index (κ2) is 4.53. The van der Waals surface area contributed by atoms with Crippen molar-refractivity contribution in [1.29, 1.82) is 0 Å². The number of halogens is 1. The van der Waals surface area contributed by atoms with E-state index in [-0.39, 0.29) is 5.84 Å². The van der Waals surface area contributed by atoms with Gasteiger partial charge in [-0.15, -0.1) is 11.8 Å². The molecule has 0 fully saturated rings. The third-order valence-corrected chi connectivity index (χ3v) is 2.83. The monoisotopic (exact) mass is 260 g/mol. The van der Waals surface area contributed by atoms with E-state index in [0.717, 1.165) is 14.9 Å². The summed E-state index contributed by atoms with van der Waals surface area (Å²) in [5.74, 6) is 0.130. The summed E-state index contributed by atoms with van der Waals surface area (Å²) < 4.78 is 0.909. The highest BCUT2D eigenvalue weighted by Gasteiger charge is 2.06. The summed E-state index contributed by atoms with van der Waals surface area (Å²) in [5.41, 5.74) is 6.25. The molecule has 13 heavy (non-hydrogen) atoms. The minimum atomic E-state index is 0.130. The zero-order valence-electron chi connectivity index (χ0n) is 6.99. The van der Waals surface area contributed by atoms with E-state index in [1.165, 1.54) is 0 Å². The smallest absolute Gasteiger partial charge is 0.171 e. The summed E-state index contributed by atoms with van der Waals surface area (Å²) in [6.45, 7) is 0. The van der Waals surface area contributed by atoms with Crippen LogP contribution in [0.3, 0.4) is 0 Å². The molecule has 0 spiro atoms. The van der Waals surface area contributed by atoms with E-state index in [9.17, 15) is 0 Å². The summed E-state index contributed by atoms with van der Waals surface area (Å²) in [4.78, 5) is 0.985. The molecule has 70 valence electrons. The van der Waals surface area contributed by atoms with E-state index in [2.05, 4.69) is 21.1 Å². The van der Waals surface area contributed by atoms with Crippen molar-refractivity contribution in [3.63, 3.8) is 0 Å². The molecule has 0 bridgehead atoms. The van der Waals surface area contributed by atoms with E-state index in [1.54, 1.807) is 11.8 Å². The largest absolute Gasteiger partial charge is 0.409 e. The Labute approximate surface area is 89.1 Å². The number of nitrogens with two attached hydrogens (primary N) is 1. The number of hydrogen-bond acceptors (Lipinski definition) is 3. The lowest BCUT2D eigenvalue weighted by Gasteiger charge is -2.05. The first-order valence-corrected chi connectivity index (χ1v) is 5.52. The highest BCUT2D eigenvalue weighted by atomic mass is 79.9. The maximum absolute atomic E-state index is 8.54. The zero-order valence-corrected chi connectivity index (χ0v) is 9.39. The van der Waals surface area contributed by atoms with Gasteiger partial charge in [-0.3, -0.25) is 0 Å². The summed E-state index contributed by atoms with van der Waals surface area (Å²) in [7, 11) is 0. The van der Waals surface area contributed by atoms with Crippen molar-refractivity contribution in [3.05, 3.63) is 28.2 Å². The lowest BCUT2D eigenvalue weighted by Crippen LogP contribution is -2.14. The normalized spacial score (nSPS) is 11.7. The molecule has 0 amide bonds. The van der Waals surface area contributed by atoms with Gasteiger partial charge in [0.05, 0.1) is 0 Å². The second-order valence-electron chi connectivity index (χ2n) is 2.33. The van der Waals surface area contributed by atoms with E-state index in [4.69, 9.17) is 10.9 Å². The van der Waals surface area contributed by atoms with Gasteiger partial charge in [-0.25, -0.2) is 0 Å². The molecule has 0 atom stereocenters. The average Bonchev–Trinajstić information content (AvgIpc) is 2.16. The number of hydrogen-bond donors (Lipinski definition) is 2. The van der Waals surface area contributed by atoms with Gasteiger partial charge in [0.25, 0.3) is 0 Å². The van der Waals surface area contributed by atoms with E-state index in [1.807, 2.05) is 24.5 Å². The number of benzene rings is 1. The number of rotatable bonds is 2. The van der Waals surface area contributed by atoms with Crippen LogP contribution in [0, 0.1) is 0 Å². The molecule has 0 aliphatic carbocycles. The van der Waals surface area contributed by atoms with Crippen molar-refractivity contribution in [2.24, 2.45) is 10.9 Å². The fraction of sp³-hybridized carbons (Fsp3) is 0.125. The Kier molecular flexibility index (Phi) is 3.62. The molecule has 5 heteroatoms. The zero-order chi connectivity index (χ0) is 9.84. The SMILES string of the molecule is CSc1ccc(Br)cc1/C(N)=N/O. The summed E-state index contributed by atoms with van der Waals surface area (Å²) in [6.07, 6.45) is 1.94. The molecule has 1 aromatic rings. The van der Waals surface area contributed by atoms with Gasteiger partial charge in [0.2, 0.25) is 0 Å². The lowest BCUT2D eigenvalue weighted by atomic mass is 10.2. The maximum Gasteiger partial charge on any atom is 0.171 e. The molecule has 0 unspecified atom stereocenters. The van der Waals surface area contributed by atoms with Crippen LogP contribution < -0.4 is 5.73 Å². The standard InChI is InChI=1S/C8H9BrN2OS/c1-13-7-3-2-5(9)4-6(7)8(10)11-12/h2-4,12H,1H3,(H2,10,11). The number of oxime groups is 1. The summed E-state index contributed by atoms with van der Waals surface area (Å²) >= 11 is 4.88. The van der Waals surface area contributed by atoms with Crippen LogP contribution in [0.2, 0.25) is 0 Å². The van der Waals surface area contributed by atoms with E-state index in [0.29, 0.717) is 0 Å². The van der Waals surface area contributed by atoms with Crippen LogP contribution in [0.15, 0.2) is 32.7 Å². The molecule has 0 radical (unpaired) electrons.